The van der Waals surface area contributed by atoms with Crippen LogP contribution in [0.3, 0.4) is 0 Å². The summed E-state index contributed by atoms with van der Waals surface area (Å²) in [6.45, 7) is 1.66. The minimum absolute atomic E-state index is 0.124. The maximum absolute atomic E-state index is 11.3. The summed E-state index contributed by atoms with van der Waals surface area (Å²) in [6.07, 6.45) is -0.145. The molecule has 0 bridgehead atoms. The SMILES string of the molecule is COC1CCOC1.COOOC(=O)NC(O)(O)C(O)(O)c1cc(OC)c(Br)cc1OC. The number of amides is 1. The lowest BCUT2D eigenvalue weighted by Gasteiger charge is -2.35. The van der Waals surface area contributed by atoms with Crippen LogP contribution in [0.2, 0.25) is 0 Å². The van der Waals surface area contributed by atoms with E-state index in [0.717, 1.165) is 32.8 Å². The van der Waals surface area contributed by atoms with Gasteiger partial charge in [0.2, 0.25) is 0 Å². The monoisotopic (exact) mass is 515 g/mol. The molecule has 31 heavy (non-hydrogen) atoms. The van der Waals surface area contributed by atoms with Crippen molar-refractivity contribution >= 4 is 22.0 Å². The standard InChI is InChI=1S/C12H16BrNO10.C5H10O2/c1-20-8-5-7(13)9(21-2)4-6(8)11(16,17)12(18,19)14-10(15)23-24-22-3;1-6-5-2-3-7-4-5/h4-5,16-19H,1-3H3,(H,14,15);5H,2-4H2,1H3. The highest BCUT2D eigenvalue weighted by molar-refractivity contribution is 9.10. The Morgan fingerprint density at radius 2 is 1.77 bits per heavy atom. The van der Waals surface area contributed by atoms with Crippen molar-refractivity contribution in [2.75, 3.05) is 41.7 Å². The Hall–Kier alpha value is -1.75. The Kier molecular flexibility index (Phi) is 10.9. The summed E-state index contributed by atoms with van der Waals surface area (Å²) in [7, 11) is 5.24. The van der Waals surface area contributed by atoms with Crippen molar-refractivity contribution in [1.29, 1.82) is 0 Å². The van der Waals surface area contributed by atoms with Crippen LogP contribution in [-0.2, 0) is 30.1 Å². The molecule has 5 N–H and O–H groups in total. The Morgan fingerprint density at radius 1 is 1.13 bits per heavy atom. The highest BCUT2D eigenvalue weighted by Gasteiger charge is 2.53. The summed E-state index contributed by atoms with van der Waals surface area (Å²) in [5, 5.41) is 45.2. The quantitative estimate of drug-likeness (QED) is 0.176. The molecule has 0 aliphatic carbocycles. The molecule has 1 aromatic carbocycles. The average Bonchev–Trinajstić information content (AvgIpc) is 3.25. The van der Waals surface area contributed by atoms with Gasteiger partial charge >= 0.3 is 12.0 Å². The maximum atomic E-state index is 11.3. The Morgan fingerprint density at radius 3 is 2.23 bits per heavy atom. The second-order valence-corrected chi connectivity index (χ2v) is 6.84. The van der Waals surface area contributed by atoms with Crippen molar-refractivity contribution in [1.82, 2.24) is 5.32 Å². The number of aliphatic hydroxyl groups is 4. The number of nitrogens with one attached hydrogen (secondary N) is 1. The summed E-state index contributed by atoms with van der Waals surface area (Å²) in [4.78, 5) is 19.1. The van der Waals surface area contributed by atoms with Crippen LogP contribution in [0.4, 0.5) is 4.79 Å². The van der Waals surface area contributed by atoms with Gasteiger partial charge in [-0.1, -0.05) is 0 Å². The van der Waals surface area contributed by atoms with Gasteiger partial charge in [-0.3, -0.25) is 5.32 Å². The molecule has 1 aliphatic heterocycles. The summed E-state index contributed by atoms with van der Waals surface area (Å²) in [5.41, 5.74) is -0.525. The lowest BCUT2D eigenvalue weighted by atomic mass is 10.0. The van der Waals surface area contributed by atoms with Gasteiger partial charge in [0.1, 0.15) is 11.5 Å². The number of carbonyl (C=O) groups is 1. The van der Waals surface area contributed by atoms with E-state index in [4.69, 9.17) is 18.9 Å². The first-order chi connectivity index (χ1) is 14.5. The van der Waals surface area contributed by atoms with E-state index in [1.807, 2.05) is 0 Å². The zero-order valence-electron chi connectivity index (χ0n) is 17.3. The molecule has 1 heterocycles. The Labute approximate surface area is 186 Å². The first-order valence-corrected chi connectivity index (χ1v) is 9.44. The minimum atomic E-state index is -3.60. The number of hydrogen-bond acceptors (Lipinski definition) is 12. The van der Waals surface area contributed by atoms with Crippen LogP contribution >= 0.6 is 15.9 Å². The van der Waals surface area contributed by atoms with Gasteiger partial charge in [0.25, 0.3) is 5.79 Å². The molecule has 178 valence electrons. The van der Waals surface area contributed by atoms with Gasteiger partial charge in [-0.2, -0.15) is 4.89 Å². The van der Waals surface area contributed by atoms with Crippen LogP contribution < -0.4 is 14.8 Å². The van der Waals surface area contributed by atoms with E-state index in [1.165, 1.54) is 25.6 Å². The zero-order valence-corrected chi connectivity index (χ0v) is 18.9. The van der Waals surface area contributed by atoms with Crippen molar-refractivity contribution in [2.24, 2.45) is 0 Å². The van der Waals surface area contributed by atoms with Gasteiger partial charge < -0.3 is 39.4 Å². The predicted octanol–water partition coefficient (Wildman–Crippen LogP) is -0.117. The summed E-state index contributed by atoms with van der Waals surface area (Å²) in [5.74, 6) is -7.06. The van der Waals surface area contributed by atoms with Gasteiger partial charge in [-0.05, 0) is 39.5 Å². The lowest BCUT2D eigenvalue weighted by molar-refractivity contribution is -0.472. The van der Waals surface area contributed by atoms with Crippen LogP contribution in [-0.4, -0.2) is 80.2 Å². The molecule has 1 aromatic rings. The third kappa shape index (κ3) is 7.41. The van der Waals surface area contributed by atoms with Crippen LogP contribution in [0.25, 0.3) is 0 Å². The topological polar surface area (TPSA) is 175 Å². The number of rotatable bonds is 8. The first-order valence-electron chi connectivity index (χ1n) is 8.65. The normalized spacial score (nSPS) is 16.2. The number of methoxy groups -OCH3 is 3. The van der Waals surface area contributed by atoms with E-state index in [2.05, 4.69) is 30.7 Å². The molecule has 0 spiro atoms. The first kappa shape index (κ1) is 27.3. The van der Waals surface area contributed by atoms with Crippen molar-refractivity contribution in [3.8, 4) is 11.5 Å². The lowest BCUT2D eigenvalue weighted by Crippen LogP contribution is -2.63. The molecule has 1 fully saturated rings. The van der Waals surface area contributed by atoms with Gasteiger partial charge in [0, 0.05) is 13.7 Å². The molecule has 13 nitrogen and oxygen atoms in total. The largest absolute Gasteiger partial charge is 0.496 e. The van der Waals surface area contributed by atoms with Crippen LogP contribution in [0, 0.1) is 0 Å². The van der Waals surface area contributed by atoms with Crippen molar-refractivity contribution < 1.29 is 59.0 Å². The number of halogens is 1. The molecule has 0 aromatic heterocycles. The molecule has 14 heteroatoms. The van der Waals surface area contributed by atoms with Crippen molar-refractivity contribution in [3.63, 3.8) is 0 Å². The number of carbonyl (C=O) groups excluding carboxylic acids is 1. The second-order valence-electron chi connectivity index (χ2n) is 5.98. The molecule has 1 atom stereocenters. The number of hydrogen-bond donors (Lipinski definition) is 5. The van der Waals surface area contributed by atoms with E-state index in [0.29, 0.717) is 10.6 Å². The highest BCUT2D eigenvalue weighted by atomic mass is 79.9. The molecule has 0 radical (unpaired) electrons. The fraction of sp³-hybridized carbons (Fsp3) is 0.588. The summed E-state index contributed by atoms with van der Waals surface area (Å²) < 4.78 is 20.4. The Bertz CT molecular complexity index is 709. The van der Waals surface area contributed by atoms with Gasteiger partial charge in [0.05, 0.1) is 44.1 Å². The zero-order chi connectivity index (χ0) is 23.7. The second kappa shape index (κ2) is 12.3. The Balaban J connectivity index is 0.000000577. The molecule has 1 amide bonds. The molecule has 2 rings (SSSR count). The van der Waals surface area contributed by atoms with E-state index in [9.17, 15) is 25.2 Å². The third-order valence-corrected chi connectivity index (χ3v) is 4.63. The van der Waals surface area contributed by atoms with E-state index < -0.39 is 23.4 Å². The van der Waals surface area contributed by atoms with Gasteiger partial charge in [-0.25, -0.2) is 9.68 Å². The molecule has 1 aliphatic rings. The van der Waals surface area contributed by atoms with Crippen LogP contribution in [0.15, 0.2) is 16.6 Å². The van der Waals surface area contributed by atoms with E-state index in [-0.39, 0.29) is 11.5 Å². The predicted molar refractivity (Wildman–Crippen MR) is 104 cm³/mol. The maximum Gasteiger partial charge on any atom is 0.446 e. The summed E-state index contributed by atoms with van der Waals surface area (Å²) >= 11 is 3.15. The van der Waals surface area contributed by atoms with Crippen LogP contribution in [0.1, 0.15) is 12.0 Å². The third-order valence-electron chi connectivity index (χ3n) is 4.01. The van der Waals surface area contributed by atoms with E-state index >= 15 is 0 Å². The molecular weight excluding hydrogens is 490 g/mol. The molecule has 1 unspecified atom stereocenters. The molecule has 1 saturated heterocycles. The fourth-order valence-corrected chi connectivity index (χ4v) is 2.82. The van der Waals surface area contributed by atoms with Crippen molar-refractivity contribution in [2.45, 2.75) is 24.2 Å². The minimum Gasteiger partial charge on any atom is -0.496 e. The molecular formula is C17H26BrNO12. The van der Waals surface area contributed by atoms with E-state index in [1.54, 1.807) is 7.11 Å². The molecule has 0 saturated carbocycles. The van der Waals surface area contributed by atoms with Gasteiger partial charge in [-0.15, -0.1) is 0 Å². The highest BCUT2D eigenvalue weighted by Crippen LogP contribution is 2.40. The van der Waals surface area contributed by atoms with Gasteiger partial charge in [0.15, 0.2) is 0 Å². The van der Waals surface area contributed by atoms with Crippen molar-refractivity contribution in [3.05, 3.63) is 22.2 Å². The number of benzene rings is 1. The average molecular weight is 516 g/mol. The fourth-order valence-electron chi connectivity index (χ4n) is 2.33. The smallest absolute Gasteiger partial charge is 0.446 e. The number of ether oxygens (including phenoxy) is 4. The van der Waals surface area contributed by atoms with Crippen LogP contribution in [0.5, 0.6) is 11.5 Å². The summed E-state index contributed by atoms with van der Waals surface area (Å²) in [6, 6.07) is 2.35.